The summed E-state index contributed by atoms with van der Waals surface area (Å²) in [6.45, 7) is 1.93. The second-order valence-corrected chi connectivity index (χ2v) is 6.72. The van der Waals surface area contributed by atoms with E-state index in [9.17, 15) is 4.39 Å². The van der Waals surface area contributed by atoms with Gasteiger partial charge in [0.2, 0.25) is 0 Å². The van der Waals surface area contributed by atoms with E-state index in [4.69, 9.17) is 11.6 Å². The molecule has 0 saturated carbocycles. The number of benzene rings is 1. The molecule has 1 aromatic carbocycles. The van der Waals surface area contributed by atoms with Crippen LogP contribution in [-0.2, 0) is 6.42 Å². The molecule has 1 N–H and O–H groups in total. The number of aryl methyl sites for hydroxylation is 2. The lowest BCUT2D eigenvalue weighted by atomic mass is 9.93. The van der Waals surface area contributed by atoms with E-state index in [1.54, 1.807) is 17.4 Å². The lowest BCUT2D eigenvalue weighted by Gasteiger charge is -2.25. The van der Waals surface area contributed by atoms with Crippen LogP contribution in [-0.4, -0.2) is 0 Å². The van der Waals surface area contributed by atoms with E-state index in [0.717, 1.165) is 29.2 Å². The van der Waals surface area contributed by atoms with E-state index in [1.165, 1.54) is 16.5 Å². The Morgan fingerprint density at radius 2 is 2.26 bits per heavy atom. The average Bonchev–Trinajstić information content (AvgIpc) is 2.75. The van der Waals surface area contributed by atoms with Gasteiger partial charge < -0.3 is 5.32 Å². The quantitative estimate of drug-likeness (QED) is 0.788. The van der Waals surface area contributed by atoms with Crippen LogP contribution in [0.1, 0.15) is 34.9 Å². The fraction of sp³-hybridized carbons (Fsp3) is 0.333. The zero-order chi connectivity index (χ0) is 13.4. The maximum absolute atomic E-state index is 13.9. The molecule has 1 heterocycles. The van der Waals surface area contributed by atoms with Crippen molar-refractivity contribution in [2.75, 3.05) is 5.32 Å². The summed E-state index contributed by atoms with van der Waals surface area (Å²) >= 11 is 7.74. The molecule has 0 radical (unpaired) electrons. The molecular weight excluding hydrogens is 281 g/mol. The largest absolute Gasteiger partial charge is 0.376 e. The maximum Gasteiger partial charge on any atom is 0.146 e. The molecule has 0 spiro atoms. The van der Waals surface area contributed by atoms with Crippen molar-refractivity contribution < 1.29 is 4.39 Å². The molecule has 4 heteroatoms. The second-order valence-electron chi connectivity index (χ2n) is 4.95. The third-order valence-corrected chi connectivity index (χ3v) is 4.96. The molecule has 1 nitrogen and oxygen atoms in total. The van der Waals surface area contributed by atoms with Crippen LogP contribution in [0.25, 0.3) is 0 Å². The minimum absolute atomic E-state index is 0.170. The van der Waals surface area contributed by atoms with Crippen molar-refractivity contribution in [3.63, 3.8) is 0 Å². The number of anilines is 1. The summed E-state index contributed by atoms with van der Waals surface area (Å²) in [4.78, 5) is 1.34. The molecule has 2 aromatic rings. The molecular formula is C15H15ClFNS. The van der Waals surface area contributed by atoms with Crippen LogP contribution >= 0.6 is 22.9 Å². The number of hydrogen-bond donors (Lipinski definition) is 1. The monoisotopic (exact) mass is 295 g/mol. The smallest absolute Gasteiger partial charge is 0.146 e. The SMILES string of the molecule is Cc1cccc(F)c1NC1CCCc2sc(Cl)cc21. The molecule has 0 amide bonds. The lowest BCUT2D eigenvalue weighted by Crippen LogP contribution is -2.17. The van der Waals surface area contributed by atoms with Crippen molar-refractivity contribution in [1.29, 1.82) is 0 Å². The first-order valence-electron chi connectivity index (χ1n) is 6.45. The number of hydrogen-bond acceptors (Lipinski definition) is 2. The topological polar surface area (TPSA) is 12.0 Å². The number of fused-ring (bicyclic) bond motifs is 1. The Morgan fingerprint density at radius 1 is 1.42 bits per heavy atom. The van der Waals surface area contributed by atoms with Gasteiger partial charge in [0, 0.05) is 4.88 Å². The molecule has 1 aliphatic carbocycles. The van der Waals surface area contributed by atoms with Gasteiger partial charge in [0.25, 0.3) is 0 Å². The van der Waals surface area contributed by atoms with Gasteiger partial charge in [0.15, 0.2) is 0 Å². The van der Waals surface area contributed by atoms with Crippen molar-refractivity contribution >= 4 is 28.6 Å². The third kappa shape index (κ3) is 2.49. The van der Waals surface area contributed by atoms with Gasteiger partial charge in [-0.05, 0) is 49.4 Å². The summed E-state index contributed by atoms with van der Waals surface area (Å²) in [5, 5.41) is 3.36. The van der Waals surface area contributed by atoms with Crippen molar-refractivity contribution in [2.45, 2.75) is 32.2 Å². The first kappa shape index (κ1) is 12.9. The normalized spacial score (nSPS) is 18.2. The summed E-state index contributed by atoms with van der Waals surface area (Å²) in [6, 6.07) is 7.36. The van der Waals surface area contributed by atoms with E-state index in [2.05, 4.69) is 5.32 Å². The van der Waals surface area contributed by atoms with Gasteiger partial charge in [-0.15, -0.1) is 11.3 Å². The zero-order valence-electron chi connectivity index (χ0n) is 10.7. The molecule has 1 aliphatic rings. The summed E-state index contributed by atoms with van der Waals surface area (Å²) in [5.41, 5.74) is 2.79. The molecule has 3 rings (SSSR count). The molecule has 1 atom stereocenters. The fourth-order valence-electron chi connectivity index (χ4n) is 2.66. The molecule has 1 unspecified atom stereocenters. The van der Waals surface area contributed by atoms with E-state index in [0.29, 0.717) is 5.69 Å². The van der Waals surface area contributed by atoms with Gasteiger partial charge in [0.1, 0.15) is 5.82 Å². The predicted octanol–water partition coefficient (Wildman–Crippen LogP) is 5.34. The average molecular weight is 296 g/mol. The van der Waals surface area contributed by atoms with E-state index in [-0.39, 0.29) is 11.9 Å². The van der Waals surface area contributed by atoms with Crippen molar-refractivity contribution in [3.8, 4) is 0 Å². The van der Waals surface area contributed by atoms with Crippen LogP contribution < -0.4 is 5.32 Å². The van der Waals surface area contributed by atoms with Crippen LogP contribution in [0.2, 0.25) is 4.34 Å². The van der Waals surface area contributed by atoms with Gasteiger partial charge in [-0.1, -0.05) is 23.7 Å². The molecule has 0 saturated heterocycles. The molecule has 0 bridgehead atoms. The van der Waals surface area contributed by atoms with Crippen molar-refractivity contribution in [3.05, 3.63) is 50.4 Å². The van der Waals surface area contributed by atoms with E-state index >= 15 is 0 Å². The van der Waals surface area contributed by atoms with Crippen molar-refractivity contribution in [2.24, 2.45) is 0 Å². The number of para-hydroxylation sites is 1. The lowest BCUT2D eigenvalue weighted by molar-refractivity contribution is 0.591. The van der Waals surface area contributed by atoms with Gasteiger partial charge in [-0.3, -0.25) is 0 Å². The predicted molar refractivity (Wildman–Crippen MR) is 79.8 cm³/mol. The molecule has 1 aromatic heterocycles. The third-order valence-electron chi connectivity index (χ3n) is 3.62. The Kier molecular flexibility index (Phi) is 3.50. The van der Waals surface area contributed by atoms with Crippen LogP contribution in [0.4, 0.5) is 10.1 Å². The Morgan fingerprint density at radius 3 is 3.05 bits per heavy atom. The van der Waals surface area contributed by atoms with Crippen LogP contribution in [0.3, 0.4) is 0 Å². The molecule has 19 heavy (non-hydrogen) atoms. The minimum atomic E-state index is -0.187. The number of rotatable bonds is 2. The molecule has 0 aliphatic heterocycles. The van der Waals surface area contributed by atoms with Gasteiger partial charge in [-0.2, -0.15) is 0 Å². The Bertz CT molecular complexity index is 588. The van der Waals surface area contributed by atoms with Crippen LogP contribution in [0, 0.1) is 12.7 Å². The summed E-state index contributed by atoms with van der Waals surface area (Å²) in [6.07, 6.45) is 3.23. The number of nitrogens with one attached hydrogen (secondary N) is 1. The van der Waals surface area contributed by atoms with Gasteiger partial charge in [-0.25, -0.2) is 4.39 Å². The van der Waals surface area contributed by atoms with Gasteiger partial charge >= 0.3 is 0 Å². The minimum Gasteiger partial charge on any atom is -0.376 e. The first-order valence-corrected chi connectivity index (χ1v) is 7.64. The fourth-order valence-corrected chi connectivity index (χ4v) is 4.04. The second kappa shape index (κ2) is 5.14. The zero-order valence-corrected chi connectivity index (χ0v) is 12.2. The Hall–Kier alpha value is -1.06. The highest BCUT2D eigenvalue weighted by Crippen LogP contribution is 2.40. The standard InChI is InChI=1S/C15H15ClFNS/c1-9-4-2-5-11(17)15(9)18-12-6-3-7-13-10(12)8-14(16)19-13/h2,4-5,8,12,18H,3,6-7H2,1H3. The highest BCUT2D eigenvalue weighted by molar-refractivity contribution is 7.16. The highest BCUT2D eigenvalue weighted by Gasteiger charge is 2.23. The van der Waals surface area contributed by atoms with E-state index < -0.39 is 0 Å². The highest BCUT2D eigenvalue weighted by atomic mass is 35.5. The summed E-state index contributed by atoms with van der Waals surface area (Å²) < 4.78 is 14.7. The van der Waals surface area contributed by atoms with E-state index in [1.807, 2.05) is 19.1 Å². The maximum atomic E-state index is 13.9. The van der Waals surface area contributed by atoms with Crippen LogP contribution in [0.5, 0.6) is 0 Å². The summed E-state index contributed by atoms with van der Waals surface area (Å²) in [5.74, 6) is -0.187. The summed E-state index contributed by atoms with van der Waals surface area (Å²) in [7, 11) is 0. The number of thiophene rings is 1. The Labute approximate surface area is 121 Å². The van der Waals surface area contributed by atoms with Gasteiger partial charge in [0.05, 0.1) is 16.1 Å². The first-order chi connectivity index (χ1) is 9.15. The molecule has 100 valence electrons. The molecule has 0 fully saturated rings. The Balaban J connectivity index is 1.92. The van der Waals surface area contributed by atoms with Crippen molar-refractivity contribution in [1.82, 2.24) is 0 Å². The van der Waals surface area contributed by atoms with Crippen LogP contribution in [0.15, 0.2) is 24.3 Å². The number of halogens is 2.